The maximum absolute atomic E-state index is 4.75. The van der Waals surface area contributed by atoms with Crippen LogP contribution >= 0.6 is 24.0 Å². The number of nitrogens with one attached hydrogen (secondary N) is 2. The number of anilines is 1. The fourth-order valence-electron chi connectivity index (χ4n) is 3.32. The lowest BCUT2D eigenvalue weighted by Crippen LogP contribution is -2.51. The number of nitrogens with zero attached hydrogens (tertiary/aromatic N) is 3. The smallest absolute Gasteiger partial charge is 0.191 e. The van der Waals surface area contributed by atoms with Gasteiger partial charge in [-0.3, -0.25) is 4.98 Å². The molecule has 2 heterocycles. The van der Waals surface area contributed by atoms with E-state index in [1.54, 1.807) is 0 Å². The molecule has 0 aliphatic carbocycles. The Morgan fingerprint density at radius 2 is 2.04 bits per heavy atom. The first-order valence-electron chi connectivity index (χ1n) is 9.51. The van der Waals surface area contributed by atoms with E-state index in [1.165, 1.54) is 17.7 Å². The summed E-state index contributed by atoms with van der Waals surface area (Å²) in [5.41, 5.74) is 3.50. The monoisotopic (exact) mass is 479 g/mol. The first-order chi connectivity index (χ1) is 12.8. The number of piperidine rings is 1. The minimum Gasteiger partial charge on any atom is -0.369 e. The van der Waals surface area contributed by atoms with Crippen molar-refractivity contribution in [2.45, 2.75) is 39.3 Å². The summed E-state index contributed by atoms with van der Waals surface area (Å²) in [5.74, 6) is 0.873. The number of benzene rings is 1. The number of para-hydroxylation sites is 1. The number of hydrogen-bond donors (Lipinski definition) is 2. The van der Waals surface area contributed by atoms with E-state index in [-0.39, 0.29) is 24.0 Å². The predicted octanol–water partition coefficient (Wildman–Crippen LogP) is 3.73. The van der Waals surface area contributed by atoms with E-state index in [4.69, 9.17) is 4.99 Å². The molecule has 1 unspecified atom stereocenters. The van der Waals surface area contributed by atoms with Crippen LogP contribution in [0, 0.1) is 6.92 Å². The molecule has 1 fully saturated rings. The standard InChI is InChI=1S/C21H29N5.HI/c1-3-22-21(24-15-20-17(2)9-7-13-23-20)25-18-10-8-14-26(16-18)19-11-5-4-6-12-19;/h4-7,9,11-13,18H,3,8,10,14-16H2,1-2H3,(H2,22,24,25);1H. The largest absolute Gasteiger partial charge is 0.369 e. The lowest BCUT2D eigenvalue weighted by Gasteiger charge is -2.35. The minimum atomic E-state index is 0. The van der Waals surface area contributed by atoms with Crippen LogP contribution in [-0.2, 0) is 6.54 Å². The molecule has 2 N–H and O–H groups in total. The van der Waals surface area contributed by atoms with Gasteiger partial charge in [0.2, 0.25) is 0 Å². The summed E-state index contributed by atoms with van der Waals surface area (Å²) in [7, 11) is 0. The molecule has 0 saturated carbocycles. The van der Waals surface area contributed by atoms with Gasteiger partial charge in [-0.2, -0.15) is 0 Å². The summed E-state index contributed by atoms with van der Waals surface area (Å²) in [5, 5.41) is 6.98. The maximum atomic E-state index is 4.75. The van der Waals surface area contributed by atoms with Crippen LogP contribution < -0.4 is 15.5 Å². The number of guanidine groups is 1. The van der Waals surface area contributed by atoms with Gasteiger partial charge in [0.25, 0.3) is 0 Å². The van der Waals surface area contributed by atoms with Crippen LogP contribution in [0.25, 0.3) is 0 Å². The fourth-order valence-corrected chi connectivity index (χ4v) is 3.32. The zero-order chi connectivity index (χ0) is 18.2. The molecule has 0 radical (unpaired) electrons. The van der Waals surface area contributed by atoms with Gasteiger partial charge in [-0.1, -0.05) is 24.3 Å². The van der Waals surface area contributed by atoms with E-state index < -0.39 is 0 Å². The highest BCUT2D eigenvalue weighted by Crippen LogP contribution is 2.19. The molecule has 1 aromatic heterocycles. The Hall–Kier alpha value is -1.83. The quantitative estimate of drug-likeness (QED) is 0.390. The summed E-state index contributed by atoms with van der Waals surface area (Å²) >= 11 is 0. The van der Waals surface area contributed by atoms with Gasteiger partial charge >= 0.3 is 0 Å². The Morgan fingerprint density at radius 3 is 2.78 bits per heavy atom. The Balaban J connectivity index is 0.00000261. The SMILES string of the molecule is CCNC(=NCc1ncccc1C)NC1CCCN(c2ccccc2)C1.I. The molecule has 1 aliphatic rings. The molecular formula is C21H30IN5. The van der Waals surface area contributed by atoms with Gasteiger partial charge in [0.05, 0.1) is 12.2 Å². The molecule has 1 saturated heterocycles. The number of hydrogen-bond acceptors (Lipinski definition) is 3. The average molecular weight is 479 g/mol. The number of pyridine rings is 1. The Labute approximate surface area is 179 Å². The van der Waals surface area contributed by atoms with Crippen molar-refractivity contribution in [3.05, 3.63) is 59.9 Å². The molecule has 1 atom stereocenters. The van der Waals surface area contributed by atoms with Crippen molar-refractivity contribution in [1.29, 1.82) is 0 Å². The van der Waals surface area contributed by atoms with Crippen molar-refractivity contribution in [2.75, 3.05) is 24.5 Å². The maximum Gasteiger partial charge on any atom is 0.191 e. The first kappa shape index (κ1) is 21.5. The second kappa shape index (κ2) is 11.1. The van der Waals surface area contributed by atoms with Crippen LogP contribution in [0.5, 0.6) is 0 Å². The van der Waals surface area contributed by atoms with Crippen LogP contribution in [0.15, 0.2) is 53.7 Å². The van der Waals surface area contributed by atoms with Gasteiger partial charge in [0.1, 0.15) is 0 Å². The lowest BCUT2D eigenvalue weighted by molar-refractivity contribution is 0.468. The molecule has 1 aromatic carbocycles. The molecule has 5 nitrogen and oxygen atoms in total. The van der Waals surface area contributed by atoms with Gasteiger partial charge in [0, 0.05) is 37.6 Å². The Bertz CT molecular complexity index is 720. The van der Waals surface area contributed by atoms with E-state index >= 15 is 0 Å². The number of rotatable bonds is 5. The van der Waals surface area contributed by atoms with Gasteiger partial charge < -0.3 is 15.5 Å². The zero-order valence-corrected chi connectivity index (χ0v) is 18.5. The molecule has 0 amide bonds. The highest BCUT2D eigenvalue weighted by Gasteiger charge is 2.20. The Morgan fingerprint density at radius 1 is 1.22 bits per heavy atom. The van der Waals surface area contributed by atoms with Gasteiger partial charge in [-0.05, 0) is 50.5 Å². The van der Waals surface area contributed by atoms with E-state index in [0.29, 0.717) is 12.6 Å². The van der Waals surface area contributed by atoms with E-state index in [2.05, 4.69) is 70.8 Å². The molecule has 27 heavy (non-hydrogen) atoms. The summed E-state index contributed by atoms with van der Waals surface area (Å²) < 4.78 is 0. The summed E-state index contributed by atoms with van der Waals surface area (Å²) in [6, 6.07) is 15.1. The average Bonchev–Trinajstić information content (AvgIpc) is 2.68. The van der Waals surface area contributed by atoms with E-state index in [0.717, 1.165) is 37.7 Å². The van der Waals surface area contributed by atoms with Crippen molar-refractivity contribution in [1.82, 2.24) is 15.6 Å². The molecule has 0 spiro atoms. The molecule has 1 aliphatic heterocycles. The fraction of sp³-hybridized carbons (Fsp3) is 0.429. The Kier molecular flexibility index (Phi) is 8.84. The van der Waals surface area contributed by atoms with Crippen molar-refractivity contribution in [3.8, 4) is 0 Å². The van der Waals surface area contributed by atoms with Crippen LogP contribution in [0.3, 0.4) is 0 Å². The normalized spacial score (nSPS) is 17.2. The third kappa shape index (κ3) is 6.37. The highest BCUT2D eigenvalue weighted by molar-refractivity contribution is 14.0. The van der Waals surface area contributed by atoms with Crippen molar-refractivity contribution >= 4 is 35.6 Å². The predicted molar refractivity (Wildman–Crippen MR) is 124 cm³/mol. The van der Waals surface area contributed by atoms with Gasteiger partial charge in [-0.25, -0.2) is 4.99 Å². The topological polar surface area (TPSA) is 52.6 Å². The van der Waals surface area contributed by atoms with E-state index in [1.807, 2.05) is 12.3 Å². The van der Waals surface area contributed by atoms with Crippen LogP contribution in [0.1, 0.15) is 31.0 Å². The molecule has 3 rings (SSSR count). The lowest BCUT2D eigenvalue weighted by atomic mass is 10.1. The second-order valence-electron chi connectivity index (χ2n) is 6.73. The summed E-state index contributed by atoms with van der Waals surface area (Å²) in [6.45, 7) is 7.73. The van der Waals surface area contributed by atoms with Gasteiger partial charge in [-0.15, -0.1) is 24.0 Å². The zero-order valence-electron chi connectivity index (χ0n) is 16.2. The number of aliphatic imine (C=N–C) groups is 1. The molecule has 6 heteroatoms. The second-order valence-corrected chi connectivity index (χ2v) is 6.73. The highest BCUT2D eigenvalue weighted by atomic mass is 127. The minimum absolute atomic E-state index is 0. The summed E-state index contributed by atoms with van der Waals surface area (Å²) in [6.07, 6.45) is 4.18. The van der Waals surface area contributed by atoms with Gasteiger partial charge in [0.15, 0.2) is 5.96 Å². The third-order valence-corrected chi connectivity index (χ3v) is 4.73. The molecule has 0 bridgehead atoms. The van der Waals surface area contributed by atoms with Crippen molar-refractivity contribution in [2.24, 2.45) is 4.99 Å². The van der Waals surface area contributed by atoms with Crippen molar-refractivity contribution < 1.29 is 0 Å². The molecule has 2 aromatic rings. The first-order valence-corrected chi connectivity index (χ1v) is 9.51. The third-order valence-electron chi connectivity index (χ3n) is 4.73. The van der Waals surface area contributed by atoms with Crippen LogP contribution in [0.2, 0.25) is 0 Å². The van der Waals surface area contributed by atoms with Crippen LogP contribution in [0.4, 0.5) is 5.69 Å². The van der Waals surface area contributed by atoms with Crippen LogP contribution in [-0.4, -0.2) is 36.6 Å². The van der Waals surface area contributed by atoms with Crippen molar-refractivity contribution in [3.63, 3.8) is 0 Å². The number of halogens is 1. The molecular weight excluding hydrogens is 449 g/mol. The number of aromatic nitrogens is 1. The van der Waals surface area contributed by atoms with E-state index in [9.17, 15) is 0 Å². The number of aryl methyl sites for hydroxylation is 1. The molecule has 146 valence electrons. The summed E-state index contributed by atoms with van der Waals surface area (Å²) in [4.78, 5) is 11.6.